The third-order valence-corrected chi connectivity index (χ3v) is 1.96. The van der Waals surface area contributed by atoms with Crippen molar-refractivity contribution in [1.82, 2.24) is 20.3 Å². The molecule has 0 fully saturated rings. The van der Waals surface area contributed by atoms with Gasteiger partial charge in [0, 0.05) is 12.4 Å². The van der Waals surface area contributed by atoms with Crippen molar-refractivity contribution in [3.8, 4) is 0 Å². The first-order valence-corrected chi connectivity index (χ1v) is 4.62. The van der Waals surface area contributed by atoms with Crippen LogP contribution in [0.4, 0.5) is 4.39 Å². The van der Waals surface area contributed by atoms with E-state index in [-0.39, 0.29) is 11.5 Å². The molecule has 0 aliphatic rings. The number of H-pyrrole nitrogens is 1. The first-order valence-electron chi connectivity index (χ1n) is 4.62. The summed E-state index contributed by atoms with van der Waals surface area (Å²) in [4.78, 5) is 21.8. The zero-order valence-corrected chi connectivity index (χ0v) is 8.27. The highest BCUT2D eigenvalue weighted by atomic mass is 19.1. The van der Waals surface area contributed by atoms with E-state index in [2.05, 4.69) is 20.3 Å². The number of pyridine rings is 1. The van der Waals surface area contributed by atoms with E-state index in [1.165, 1.54) is 12.5 Å². The summed E-state index contributed by atoms with van der Waals surface area (Å²) in [6, 6.07) is 1.13. The molecule has 0 radical (unpaired) electrons. The number of nitrogens with one attached hydrogen (secondary N) is 2. The molecule has 0 spiro atoms. The molecule has 16 heavy (non-hydrogen) atoms. The molecule has 6 heteroatoms. The number of nitrogens with zero attached hydrogens (tertiary/aromatic N) is 2. The Morgan fingerprint density at radius 2 is 2.25 bits per heavy atom. The van der Waals surface area contributed by atoms with Gasteiger partial charge in [-0.2, -0.15) is 0 Å². The fourth-order valence-electron chi connectivity index (χ4n) is 1.19. The molecule has 2 N–H and O–H groups in total. The fraction of sp³-hybridized carbons (Fsp3) is 0.100. The Kier molecular flexibility index (Phi) is 2.90. The molecule has 0 saturated heterocycles. The highest BCUT2D eigenvalue weighted by Crippen LogP contribution is 2.01. The van der Waals surface area contributed by atoms with Gasteiger partial charge in [-0.05, 0) is 6.07 Å². The highest BCUT2D eigenvalue weighted by Gasteiger charge is 2.06. The van der Waals surface area contributed by atoms with Crippen LogP contribution < -0.4 is 5.32 Å². The molecule has 2 heterocycles. The molecule has 1 amide bonds. The number of amides is 1. The van der Waals surface area contributed by atoms with Crippen molar-refractivity contribution in [3.05, 3.63) is 48.1 Å². The average Bonchev–Trinajstić information content (AvgIpc) is 2.78. The fourth-order valence-corrected chi connectivity index (χ4v) is 1.19. The quantitative estimate of drug-likeness (QED) is 0.806. The van der Waals surface area contributed by atoms with Gasteiger partial charge in [0.1, 0.15) is 5.82 Å². The van der Waals surface area contributed by atoms with Gasteiger partial charge in [-0.25, -0.2) is 9.37 Å². The predicted octanol–water partition coefficient (Wildman–Crippen LogP) is 0.874. The zero-order chi connectivity index (χ0) is 11.4. The van der Waals surface area contributed by atoms with Crippen LogP contribution in [-0.4, -0.2) is 20.9 Å². The van der Waals surface area contributed by atoms with Gasteiger partial charge < -0.3 is 10.3 Å². The lowest BCUT2D eigenvalue weighted by Crippen LogP contribution is -2.23. The molecule has 0 saturated carbocycles. The zero-order valence-electron chi connectivity index (χ0n) is 8.27. The second-order valence-corrected chi connectivity index (χ2v) is 3.15. The molecule has 2 aromatic rings. The number of aromatic nitrogens is 3. The van der Waals surface area contributed by atoms with Crippen molar-refractivity contribution < 1.29 is 9.18 Å². The van der Waals surface area contributed by atoms with Crippen molar-refractivity contribution in [3.63, 3.8) is 0 Å². The van der Waals surface area contributed by atoms with E-state index in [0.717, 1.165) is 18.0 Å². The van der Waals surface area contributed by atoms with Crippen LogP contribution >= 0.6 is 0 Å². The monoisotopic (exact) mass is 220 g/mol. The molecule has 0 atom stereocenters. The van der Waals surface area contributed by atoms with Gasteiger partial charge in [0.25, 0.3) is 5.91 Å². The number of aromatic amines is 1. The minimum Gasteiger partial charge on any atom is -0.347 e. The lowest BCUT2D eigenvalue weighted by Gasteiger charge is -2.02. The summed E-state index contributed by atoms with van der Waals surface area (Å²) in [6.45, 7) is 0.315. The topological polar surface area (TPSA) is 70.7 Å². The first-order chi connectivity index (χ1) is 7.75. The maximum Gasteiger partial charge on any atom is 0.253 e. The van der Waals surface area contributed by atoms with Gasteiger partial charge in [0.15, 0.2) is 0 Å². The van der Waals surface area contributed by atoms with E-state index >= 15 is 0 Å². The maximum absolute atomic E-state index is 12.8. The van der Waals surface area contributed by atoms with E-state index in [9.17, 15) is 9.18 Å². The second-order valence-electron chi connectivity index (χ2n) is 3.15. The normalized spacial score (nSPS) is 10.1. The van der Waals surface area contributed by atoms with Crippen molar-refractivity contribution >= 4 is 5.91 Å². The Morgan fingerprint density at radius 3 is 2.94 bits per heavy atom. The van der Waals surface area contributed by atoms with E-state index in [1.807, 2.05) is 0 Å². The Morgan fingerprint density at radius 1 is 1.38 bits per heavy atom. The minimum absolute atomic E-state index is 0.194. The van der Waals surface area contributed by atoms with E-state index < -0.39 is 5.82 Å². The van der Waals surface area contributed by atoms with Gasteiger partial charge in [-0.15, -0.1) is 0 Å². The minimum atomic E-state index is -0.533. The molecule has 0 aliphatic heterocycles. The summed E-state index contributed by atoms with van der Waals surface area (Å²) in [6.07, 6.45) is 5.48. The molecule has 5 nitrogen and oxygen atoms in total. The Labute approximate surface area is 90.7 Å². The van der Waals surface area contributed by atoms with Crippen LogP contribution in [0.15, 0.2) is 31.0 Å². The molecule has 0 bridgehead atoms. The number of halogens is 1. The number of rotatable bonds is 3. The Hall–Kier alpha value is -2.24. The van der Waals surface area contributed by atoms with Crippen LogP contribution in [0.1, 0.15) is 16.1 Å². The predicted molar refractivity (Wildman–Crippen MR) is 54.0 cm³/mol. The molecule has 0 aliphatic carbocycles. The Balaban J connectivity index is 1.98. The third-order valence-electron chi connectivity index (χ3n) is 1.96. The Bertz CT molecular complexity index is 483. The maximum atomic E-state index is 12.8. The molecular weight excluding hydrogens is 211 g/mol. The number of hydrogen-bond donors (Lipinski definition) is 2. The lowest BCUT2D eigenvalue weighted by molar-refractivity contribution is 0.0949. The average molecular weight is 220 g/mol. The lowest BCUT2D eigenvalue weighted by atomic mass is 10.2. The van der Waals surface area contributed by atoms with Crippen LogP contribution in [0.5, 0.6) is 0 Å². The number of carbonyl (C=O) groups excluding carboxylic acids is 1. The van der Waals surface area contributed by atoms with Crippen LogP contribution in [0.2, 0.25) is 0 Å². The van der Waals surface area contributed by atoms with Gasteiger partial charge in [0.05, 0.1) is 30.3 Å². The van der Waals surface area contributed by atoms with Gasteiger partial charge in [-0.3, -0.25) is 9.78 Å². The second kappa shape index (κ2) is 4.52. The molecule has 2 aromatic heterocycles. The van der Waals surface area contributed by atoms with Crippen molar-refractivity contribution in [1.29, 1.82) is 0 Å². The third kappa shape index (κ3) is 2.41. The van der Waals surface area contributed by atoms with Crippen LogP contribution in [0.25, 0.3) is 0 Å². The SMILES string of the molecule is O=C(NCc1cnc[nH]1)c1cncc(F)c1. The van der Waals surface area contributed by atoms with Crippen molar-refractivity contribution in [2.24, 2.45) is 0 Å². The summed E-state index contributed by atoms with van der Waals surface area (Å²) in [5.41, 5.74) is 0.970. The highest BCUT2D eigenvalue weighted by molar-refractivity contribution is 5.93. The summed E-state index contributed by atoms with van der Waals surface area (Å²) in [5, 5.41) is 2.61. The number of hydrogen-bond acceptors (Lipinski definition) is 3. The van der Waals surface area contributed by atoms with Gasteiger partial charge >= 0.3 is 0 Å². The number of carbonyl (C=O) groups is 1. The summed E-state index contributed by atoms with van der Waals surface area (Å²) >= 11 is 0. The van der Waals surface area contributed by atoms with Gasteiger partial charge in [0.2, 0.25) is 0 Å². The summed E-state index contributed by atoms with van der Waals surface area (Å²) in [5.74, 6) is -0.907. The molecular formula is C10H9FN4O. The summed E-state index contributed by atoms with van der Waals surface area (Å²) in [7, 11) is 0. The van der Waals surface area contributed by atoms with Crippen molar-refractivity contribution in [2.75, 3.05) is 0 Å². The first kappa shape index (κ1) is 10.3. The summed E-state index contributed by atoms with van der Waals surface area (Å²) < 4.78 is 12.8. The van der Waals surface area contributed by atoms with E-state index in [4.69, 9.17) is 0 Å². The standard InChI is InChI=1S/C10H9FN4O/c11-8-1-7(2-12-3-8)10(16)14-5-9-4-13-6-15-9/h1-4,6H,5H2,(H,13,15)(H,14,16). The molecule has 82 valence electrons. The largest absolute Gasteiger partial charge is 0.347 e. The van der Waals surface area contributed by atoms with Crippen molar-refractivity contribution in [2.45, 2.75) is 6.54 Å². The van der Waals surface area contributed by atoms with Crippen LogP contribution in [0.3, 0.4) is 0 Å². The van der Waals surface area contributed by atoms with Crippen LogP contribution in [0, 0.1) is 5.82 Å². The van der Waals surface area contributed by atoms with Crippen LogP contribution in [-0.2, 0) is 6.54 Å². The van der Waals surface area contributed by atoms with Gasteiger partial charge in [-0.1, -0.05) is 0 Å². The van der Waals surface area contributed by atoms with E-state index in [0.29, 0.717) is 6.54 Å². The van der Waals surface area contributed by atoms with E-state index in [1.54, 1.807) is 6.20 Å². The molecule has 0 unspecified atom stereocenters. The molecule has 0 aromatic carbocycles. The molecule has 2 rings (SSSR count). The smallest absolute Gasteiger partial charge is 0.253 e. The number of imidazole rings is 1.